The van der Waals surface area contributed by atoms with Gasteiger partial charge in [-0.2, -0.15) is 5.26 Å². The van der Waals surface area contributed by atoms with Gasteiger partial charge >= 0.3 is 0 Å². The number of nitriles is 1. The Morgan fingerprint density at radius 2 is 2.08 bits per heavy atom. The highest BCUT2D eigenvalue weighted by molar-refractivity contribution is 9.24. The van der Waals surface area contributed by atoms with Crippen molar-refractivity contribution in [2.75, 3.05) is 0 Å². The maximum Gasteiger partial charge on any atom is 0.129 e. The average Bonchev–Trinajstić information content (AvgIpc) is 2.03. The summed E-state index contributed by atoms with van der Waals surface area (Å²) in [5.74, 6) is -0.382. The molecule has 0 aliphatic heterocycles. The molecule has 0 radical (unpaired) electrons. The highest BCUT2D eigenvalue weighted by Gasteiger charge is 2.13. The Labute approximate surface area is 86.5 Å². The van der Waals surface area contributed by atoms with E-state index in [1.165, 1.54) is 12.1 Å². The van der Waals surface area contributed by atoms with E-state index in [0.29, 0.717) is 11.1 Å². The van der Waals surface area contributed by atoms with Crippen molar-refractivity contribution in [3.63, 3.8) is 0 Å². The molecule has 0 spiro atoms. The molecule has 0 bridgehead atoms. The van der Waals surface area contributed by atoms with Crippen molar-refractivity contribution in [2.24, 2.45) is 0 Å². The summed E-state index contributed by atoms with van der Waals surface area (Å²) in [6.07, 6.45) is 0. The van der Waals surface area contributed by atoms with Gasteiger partial charge in [-0.05, 0) is 12.1 Å². The molecule has 0 amide bonds. The van der Waals surface area contributed by atoms with Crippen LogP contribution in [0.2, 0.25) is 0 Å². The topological polar surface area (TPSA) is 23.8 Å². The fourth-order valence-corrected chi connectivity index (χ4v) is 1.79. The molecule has 12 heavy (non-hydrogen) atoms. The van der Waals surface area contributed by atoms with Crippen LogP contribution in [0.3, 0.4) is 0 Å². The largest absolute Gasteiger partial charge is 0.207 e. The molecular weight excluding hydrogens is 289 g/mol. The quantitative estimate of drug-likeness (QED) is 0.727. The van der Waals surface area contributed by atoms with Gasteiger partial charge in [-0.15, -0.1) is 0 Å². The van der Waals surface area contributed by atoms with Crippen molar-refractivity contribution in [1.29, 1.82) is 5.26 Å². The first-order valence-electron chi connectivity index (χ1n) is 3.13. The van der Waals surface area contributed by atoms with Crippen molar-refractivity contribution in [3.05, 3.63) is 35.1 Å². The second-order valence-electron chi connectivity index (χ2n) is 2.11. The third-order valence-electron chi connectivity index (χ3n) is 1.39. The van der Waals surface area contributed by atoms with Gasteiger partial charge in [0.15, 0.2) is 0 Å². The van der Waals surface area contributed by atoms with Gasteiger partial charge in [0.25, 0.3) is 0 Å². The van der Waals surface area contributed by atoms with Gasteiger partial charge in [0.2, 0.25) is 0 Å². The van der Waals surface area contributed by atoms with E-state index >= 15 is 0 Å². The molecule has 62 valence electrons. The zero-order valence-electron chi connectivity index (χ0n) is 5.89. The Morgan fingerprint density at radius 3 is 2.50 bits per heavy atom. The van der Waals surface area contributed by atoms with E-state index in [2.05, 4.69) is 31.9 Å². The first-order valence-corrected chi connectivity index (χ1v) is 4.96. The van der Waals surface area contributed by atoms with Crippen molar-refractivity contribution >= 4 is 31.9 Å². The molecule has 1 nitrogen and oxygen atoms in total. The smallest absolute Gasteiger partial charge is 0.129 e. The summed E-state index contributed by atoms with van der Waals surface area (Å²) < 4.78 is 12.8. The Bertz CT molecular complexity index is 330. The lowest BCUT2D eigenvalue weighted by Gasteiger charge is -2.04. The second kappa shape index (κ2) is 4.01. The summed E-state index contributed by atoms with van der Waals surface area (Å²) in [4.78, 5) is 0. The van der Waals surface area contributed by atoms with Gasteiger partial charge in [-0.25, -0.2) is 4.39 Å². The molecule has 4 heteroatoms. The molecular formula is C8H4Br2FN. The van der Waals surface area contributed by atoms with Crippen LogP contribution in [0.4, 0.5) is 4.39 Å². The zero-order chi connectivity index (χ0) is 9.14. The summed E-state index contributed by atoms with van der Waals surface area (Å²) in [6.45, 7) is 0. The third kappa shape index (κ3) is 1.85. The number of rotatable bonds is 1. The molecule has 1 aromatic carbocycles. The first-order chi connectivity index (χ1) is 5.66. The first kappa shape index (κ1) is 9.69. The van der Waals surface area contributed by atoms with Crippen LogP contribution in [0, 0.1) is 17.1 Å². The van der Waals surface area contributed by atoms with Gasteiger partial charge in [0.1, 0.15) is 5.82 Å². The van der Waals surface area contributed by atoms with Crippen LogP contribution in [0.15, 0.2) is 18.2 Å². The molecule has 0 saturated heterocycles. The van der Waals surface area contributed by atoms with Gasteiger partial charge in [0.05, 0.1) is 15.4 Å². The lowest BCUT2D eigenvalue weighted by molar-refractivity contribution is 0.617. The molecule has 0 heterocycles. The molecule has 1 aromatic rings. The lowest BCUT2D eigenvalue weighted by atomic mass is 10.1. The van der Waals surface area contributed by atoms with E-state index in [1.54, 1.807) is 6.07 Å². The lowest BCUT2D eigenvalue weighted by Crippen LogP contribution is -1.92. The molecule has 0 atom stereocenters. The fourth-order valence-electron chi connectivity index (χ4n) is 0.856. The van der Waals surface area contributed by atoms with Gasteiger partial charge in [0, 0.05) is 5.56 Å². The highest BCUT2D eigenvalue weighted by atomic mass is 79.9. The fraction of sp³-hybridized carbons (Fsp3) is 0.125. The minimum absolute atomic E-state index is 0.319. The normalized spacial score (nSPS) is 9.92. The van der Waals surface area contributed by atoms with Crippen molar-refractivity contribution in [3.8, 4) is 6.07 Å². The van der Waals surface area contributed by atoms with Crippen LogP contribution in [0.5, 0.6) is 0 Å². The summed E-state index contributed by atoms with van der Waals surface area (Å²) in [5.41, 5.74) is 0.689. The van der Waals surface area contributed by atoms with E-state index in [9.17, 15) is 4.39 Å². The number of halogens is 3. The van der Waals surface area contributed by atoms with Crippen molar-refractivity contribution in [2.45, 2.75) is 3.74 Å². The van der Waals surface area contributed by atoms with E-state index in [-0.39, 0.29) is 9.55 Å². The van der Waals surface area contributed by atoms with Gasteiger partial charge in [-0.1, -0.05) is 37.9 Å². The minimum atomic E-state index is -0.382. The molecule has 0 N–H and O–H groups in total. The highest BCUT2D eigenvalue weighted by Crippen LogP contribution is 2.33. The maximum atomic E-state index is 13.1. The van der Waals surface area contributed by atoms with Gasteiger partial charge < -0.3 is 0 Å². The number of hydrogen-bond acceptors (Lipinski definition) is 1. The number of hydrogen-bond donors (Lipinski definition) is 0. The van der Waals surface area contributed by atoms with Crippen LogP contribution in [0.25, 0.3) is 0 Å². The molecule has 0 fully saturated rings. The Balaban J connectivity index is 3.32. The number of alkyl halides is 2. The van der Waals surface area contributed by atoms with E-state index in [0.717, 1.165) is 0 Å². The Morgan fingerprint density at radius 1 is 1.42 bits per heavy atom. The molecule has 0 unspecified atom stereocenters. The van der Waals surface area contributed by atoms with E-state index in [1.807, 2.05) is 6.07 Å². The third-order valence-corrected chi connectivity index (χ3v) is 2.31. The van der Waals surface area contributed by atoms with E-state index < -0.39 is 0 Å². The van der Waals surface area contributed by atoms with Crippen LogP contribution in [-0.2, 0) is 0 Å². The Kier molecular flexibility index (Phi) is 3.24. The molecule has 1 rings (SSSR count). The van der Waals surface area contributed by atoms with Crippen LogP contribution in [0.1, 0.15) is 14.9 Å². The van der Waals surface area contributed by atoms with Crippen LogP contribution >= 0.6 is 31.9 Å². The summed E-state index contributed by atoms with van der Waals surface area (Å²) in [6, 6.07) is 6.33. The average molecular weight is 293 g/mol. The van der Waals surface area contributed by atoms with E-state index in [4.69, 9.17) is 5.26 Å². The molecule has 0 aliphatic carbocycles. The predicted molar refractivity (Wildman–Crippen MR) is 51.7 cm³/mol. The second-order valence-corrected chi connectivity index (χ2v) is 5.17. The zero-order valence-corrected chi connectivity index (χ0v) is 9.06. The summed E-state index contributed by atoms with van der Waals surface area (Å²) >= 11 is 6.30. The molecule has 0 saturated carbocycles. The predicted octanol–water partition coefficient (Wildman–Crippen LogP) is 3.49. The molecule has 0 aromatic heterocycles. The monoisotopic (exact) mass is 291 g/mol. The van der Waals surface area contributed by atoms with Gasteiger partial charge in [-0.3, -0.25) is 0 Å². The van der Waals surface area contributed by atoms with Crippen LogP contribution in [-0.4, -0.2) is 0 Å². The molecule has 0 aliphatic rings. The van der Waals surface area contributed by atoms with Crippen molar-refractivity contribution in [1.82, 2.24) is 0 Å². The summed E-state index contributed by atoms with van der Waals surface area (Å²) in [7, 11) is 0. The maximum absolute atomic E-state index is 13.1. The SMILES string of the molecule is N#Cc1cccc(F)c1C(Br)Br. The van der Waals surface area contributed by atoms with Crippen LogP contribution < -0.4 is 0 Å². The summed E-state index contributed by atoms with van der Waals surface area (Å²) in [5, 5.41) is 8.63. The number of benzene rings is 1. The standard InChI is InChI=1S/C8H4Br2FN/c9-8(10)7-5(4-12)2-1-3-6(7)11/h1-3,8H. The number of nitrogens with zero attached hydrogens (tertiary/aromatic N) is 1. The van der Waals surface area contributed by atoms with Crippen molar-refractivity contribution < 1.29 is 4.39 Å². The minimum Gasteiger partial charge on any atom is -0.207 e. The Hall–Kier alpha value is -0.400.